The van der Waals surface area contributed by atoms with E-state index in [9.17, 15) is 9.59 Å². The fourth-order valence-corrected chi connectivity index (χ4v) is 2.99. The minimum absolute atomic E-state index is 0.0210. The quantitative estimate of drug-likeness (QED) is 0.381. The van der Waals surface area contributed by atoms with E-state index >= 15 is 0 Å². The van der Waals surface area contributed by atoms with Crippen molar-refractivity contribution in [1.29, 1.82) is 0 Å². The molecule has 0 aliphatic carbocycles. The third kappa shape index (κ3) is 6.21. The number of benzene rings is 3. The highest BCUT2D eigenvalue weighted by atomic mass is 16.2. The molecular formula is C24H25N3O2. The second-order valence-electron chi connectivity index (χ2n) is 6.86. The molecule has 5 heteroatoms. The summed E-state index contributed by atoms with van der Waals surface area (Å²) in [6.07, 6.45) is 3.26. The Morgan fingerprint density at radius 1 is 0.759 bits per heavy atom. The van der Waals surface area contributed by atoms with Crippen LogP contribution in [0.4, 0.5) is 17.1 Å². The third-order valence-corrected chi connectivity index (χ3v) is 4.60. The SMILES string of the molecule is Nc1ccccc1NC(=O)c1ccc(NC(=O)CCCCc2ccccc2)cc1. The lowest BCUT2D eigenvalue weighted by Crippen LogP contribution is -2.14. The largest absolute Gasteiger partial charge is 0.397 e. The molecule has 0 radical (unpaired) electrons. The number of amides is 2. The Morgan fingerprint density at radius 2 is 1.45 bits per heavy atom. The average Bonchev–Trinajstić information content (AvgIpc) is 2.74. The van der Waals surface area contributed by atoms with E-state index in [0.29, 0.717) is 29.0 Å². The normalized spacial score (nSPS) is 10.3. The van der Waals surface area contributed by atoms with Crippen LogP contribution < -0.4 is 16.4 Å². The highest BCUT2D eigenvalue weighted by Gasteiger charge is 2.09. The van der Waals surface area contributed by atoms with Gasteiger partial charge in [-0.1, -0.05) is 42.5 Å². The van der Waals surface area contributed by atoms with Crippen molar-refractivity contribution in [3.05, 3.63) is 90.0 Å². The molecule has 3 aromatic carbocycles. The Kier molecular flexibility index (Phi) is 7.00. The van der Waals surface area contributed by atoms with Crippen LogP contribution in [0.25, 0.3) is 0 Å². The lowest BCUT2D eigenvalue weighted by molar-refractivity contribution is -0.116. The maximum absolute atomic E-state index is 12.3. The maximum Gasteiger partial charge on any atom is 0.255 e. The van der Waals surface area contributed by atoms with Gasteiger partial charge in [0, 0.05) is 17.7 Å². The number of hydrogen-bond acceptors (Lipinski definition) is 3. The fraction of sp³-hybridized carbons (Fsp3) is 0.167. The van der Waals surface area contributed by atoms with Gasteiger partial charge in [0.15, 0.2) is 0 Å². The standard InChI is InChI=1S/C24H25N3O2/c25-21-11-5-6-12-22(21)27-24(29)19-14-16-20(17-15-19)26-23(28)13-7-4-10-18-8-2-1-3-9-18/h1-3,5-6,8-9,11-12,14-17H,4,7,10,13,25H2,(H,26,28)(H,27,29). The molecule has 3 aromatic rings. The van der Waals surface area contributed by atoms with Crippen molar-refractivity contribution in [2.24, 2.45) is 0 Å². The van der Waals surface area contributed by atoms with Gasteiger partial charge in [0.05, 0.1) is 11.4 Å². The molecule has 0 spiro atoms. The lowest BCUT2D eigenvalue weighted by atomic mass is 10.1. The van der Waals surface area contributed by atoms with Crippen molar-refractivity contribution in [3.8, 4) is 0 Å². The highest BCUT2D eigenvalue weighted by molar-refractivity contribution is 6.06. The van der Waals surface area contributed by atoms with Gasteiger partial charge in [-0.3, -0.25) is 9.59 Å². The Balaban J connectivity index is 1.44. The number of nitrogens with two attached hydrogens (primary N) is 1. The van der Waals surface area contributed by atoms with Crippen molar-refractivity contribution in [3.63, 3.8) is 0 Å². The van der Waals surface area contributed by atoms with E-state index in [1.54, 1.807) is 36.4 Å². The monoisotopic (exact) mass is 387 g/mol. The van der Waals surface area contributed by atoms with Gasteiger partial charge in [0.1, 0.15) is 0 Å². The zero-order valence-electron chi connectivity index (χ0n) is 16.2. The minimum atomic E-state index is -0.248. The van der Waals surface area contributed by atoms with Gasteiger partial charge < -0.3 is 16.4 Å². The van der Waals surface area contributed by atoms with E-state index in [4.69, 9.17) is 5.73 Å². The molecule has 0 atom stereocenters. The molecule has 0 aliphatic rings. The molecule has 0 fully saturated rings. The van der Waals surface area contributed by atoms with Crippen molar-refractivity contribution in [1.82, 2.24) is 0 Å². The van der Waals surface area contributed by atoms with Gasteiger partial charge >= 0.3 is 0 Å². The first-order valence-electron chi connectivity index (χ1n) is 9.71. The highest BCUT2D eigenvalue weighted by Crippen LogP contribution is 2.18. The number of para-hydroxylation sites is 2. The maximum atomic E-state index is 12.3. The molecule has 0 saturated heterocycles. The van der Waals surface area contributed by atoms with Crippen LogP contribution >= 0.6 is 0 Å². The minimum Gasteiger partial charge on any atom is -0.397 e. The van der Waals surface area contributed by atoms with Gasteiger partial charge in [-0.25, -0.2) is 0 Å². The van der Waals surface area contributed by atoms with Crippen molar-refractivity contribution < 1.29 is 9.59 Å². The number of carbonyl (C=O) groups excluding carboxylic acids is 2. The molecule has 0 bridgehead atoms. The third-order valence-electron chi connectivity index (χ3n) is 4.60. The van der Waals surface area contributed by atoms with Crippen molar-refractivity contribution in [2.75, 3.05) is 16.4 Å². The summed E-state index contributed by atoms with van der Waals surface area (Å²) >= 11 is 0. The number of nitrogen functional groups attached to an aromatic ring is 1. The zero-order valence-corrected chi connectivity index (χ0v) is 16.2. The first-order chi connectivity index (χ1) is 14.1. The summed E-state index contributed by atoms with van der Waals surface area (Å²) in [5.74, 6) is -0.269. The van der Waals surface area contributed by atoms with E-state index in [1.165, 1.54) is 5.56 Å². The van der Waals surface area contributed by atoms with Crippen LogP contribution in [0.1, 0.15) is 35.2 Å². The topological polar surface area (TPSA) is 84.2 Å². The molecular weight excluding hydrogens is 362 g/mol. The molecule has 5 nitrogen and oxygen atoms in total. The Hall–Kier alpha value is -3.60. The zero-order chi connectivity index (χ0) is 20.5. The van der Waals surface area contributed by atoms with Crippen LogP contribution in [0, 0.1) is 0 Å². The van der Waals surface area contributed by atoms with Gasteiger partial charge in [0.2, 0.25) is 5.91 Å². The molecule has 0 aromatic heterocycles. The first kappa shape index (κ1) is 20.1. The molecule has 0 heterocycles. The van der Waals surface area contributed by atoms with Crippen LogP contribution in [0.3, 0.4) is 0 Å². The summed E-state index contributed by atoms with van der Waals surface area (Å²) in [6.45, 7) is 0. The Morgan fingerprint density at radius 3 is 2.17 bits per heavy atom. The summed E-state index contributed by atoms with van der Waals surface area (Å²) in [6, 6.07) is 24.2. The summed E-state index contributed by atoms with van der Waals surface area (Å²) in [4.78, 5) is 24.5. The molecule has 0 saturated carbocycles. The molecule has 3 rings (SSSR count). The van der Waals surface area contributed by atoms with Gasteiger partial charge in [-0.2, -0.15) is 0 Å². The summed E-state index contributed by atoms with van der Waals surface area (Å²) < 4.78 is 0. The number of nitrogens with one attached hydrogen (secondary N) is 2. The Labute approximate surface area is 170 Å². The number of anilines is 3. The number of rotatable bonds is 8. The van der Waals surface area contributed by atoms with Crippen LogP contribution in [0.5, 0.6) is 0 Å². The van der Waals surface area contributed by atoms with Crippen molar-refractivity contribution >= 4 is 28.9 Å². The molecule has 2 amide bonds. The first-order valence-corrected chi connectivity index (χ1v) is 9.71. The van der Waals surface area contributed by atoms with E-state index in [0.717, 1.165) is 19.3 Å². The van der Waals surface area contributed by atoms with Crippen molar-refractivity contribution in [2.45, 2.75) is 25.7 Å². The smallest absolute Gasteiger partial charge is 0.255 e. The predicted octanol–water partition coefficient (Wildman–Crippen LogP) is 4.87. The van der Waals surface area contributed by atoms with Crippen LogP contribution in [0.15, 0.2) is 78.9 Å². The van der Waals surface area contributed by atoms with E-state index in [-0.39, 0.29) is 11.8 Å². The van der Waals surface area contributed by atoms with Crippen LogP contribution in [0.2, 0.25) is 0 Å². The molecule has 4 N–H and O–H groups in total. The summed E-state index contributed by atoms with van der Waals surface area (Å²) in [5, 5.41) is 5.66. The number of carbonyl (C=O) groups is 2. The van der Waals surface area contributed by atoms with Crippen LogP contribution in [-0.2, 0) is 11.2 Å². The summed E-state index contributed by atoms with van der Waals surface area (Å²) in [7, 11) is 0. The Bertz CT molecular complexity index is 953. The number of unbranched alkanes of at least 4 members (excludes halogenated alkanes) is 1. The molecule has 0 aliphatic heterocycles. The van der Waals surface area contributed by atoms with Gasteiger partial charge in [-0.15, -0.1) is 0 Å². The predicted molar refractivity (Wildman–Crippen MR) is 118 cm³/mol. The second-order valence-corrected chi connectivity index (χ2v) is 6.86. The average molecular weight is 387 g/mol. The fourth-order valence-electron chi connectivity index (χ4n) is 2.99. The molecule has 0 unspecified atom stereocenters. The second kappa shape index (κ2) is 10.1. The van der Waals surface area contributed by atoms with E-state index in [1.807, 2.05) is 30.3 Å². The van der Waals surface area contributed by atoms with E-state index < -0.39 is 0 Å². The lowest BCUT2D eigenvalue weighted by Gasteiger charge is -2.09. The van der Waals surface area contributed by atoms with E-state index in [2.05, 4.69) is 22.8 Å². The molecule has 148 valence electrons. The molecule has 29 heavy (non-hydrogen) atoms. The number of aryl methyl sites for hydroxylation is 1. The summed E-state index contributed by atoms with van der Waals surface area (Å²) in [5.41, 5.74) is 9.39. The number of hydrogen-bond donors (Lipinski definition) is 3. The van der Waals surface area contributed by atoms with Crippen LogP contribution in [-0.4, -0.2) is 11.8 Å². The van der Waals surface area contributed by atoms with Gasteiger partial charge in [0.25, 0.3) is 5.91 Å². The van der Waals surface area contributed by atoms with Gasteiger partial charge in [-0.05, 0) is 61.2 Å².